The van der Waals surface area contributed by atoms with Crippen molar-refractivity contribution in [3.05, 3.63) is 46.5 Å². The first-order chi connectivity index (χ1) is 14.5. The third kappa shape index (κ3) is 6.39. The van der Waals surface area contributed by atoms with E-state index in [1.165, 1.54) is 4.90 Å². The predicted octanol–water partition coefficient (Wildman–Crippen LogP) is 2.96. The lowest BCUT2D eigenvalue weighted by atomic mass is 10.1. The summed E-state index contributed by atoms with van der Waals surface area (Å²) < 4.78 is 0. The SMILES string of the molecule is CCNC(=NCc1csc(N(C)C)n1)NCCCCN1C(=O)c2ccccc2C1=O.I. The van der Waals surface area contributed by atoms with Gasteiger partial charge in [-0.2, -0.15) is 0 Å². The van der Waals surface area contributed by atoms with E-state index in [9.17, 15) is 9.59 Å². The summed E-state index contributed by atoms with van der Waals surface area (Å²) in [6.07, 6.45) is 1.55. The highest BCUT2D eigenvalue weighted by molar-refractivity contribution is 14.0. The van der Waals surface area contributed by atoms with Crippen LogP contribution in [0.1, 0.15) is 46.2 Å². The smallest absolute Gasteiger partial charge is 0.261 e. The van der Waals surface area contributed by atoms with E-state index in [4.69, 9.17) is 0 Å². The Kier molecular flexibility index (Phi) is 9.69. The van der Waals surface area contributed by atoms with E-state index in [0.29, 0.717) is 30.8 Å². The molecule has 8 nitrogen and oxygen atoms in total. The molecule has 0 fully saturated rings. The molecule has 1 aromatic heterocycles. The van der Waals surface area contributed by atoms with Crippen molar-refractivity contribution in [2.45, 2.75) is 26.3 Å². The minimum atomic E-state index is -0.196. The minimum Gasteiger partial charge on any atom is -0.357 e. The molecule has 2 heterocycles. The van der Waals surface area contributed by atoms with Gasteiger partial charge in [0.05, 0.1) is 23.4 Å². The van der Waals surface area contributed by atoms with Gasteiger partial charge < -0.3 is 15.5 Å². The minimum absolute atomic E-state index is 0. The Morgan fingerprint density at radius 1 is 1.13 bits per heavy atom. The van der Waals surface area contributed by atoms with Gasteiger partial charge in [0.2, 0.25) is 0 Å². The number of nitrogens with zero attached hydrogens (tertiary/aromatic N) is 4. The molecule has 10 heteroatoms. The number of guanidine groups is 1. The molecule has 1 aliphatic heterocycles. The second-order valence-corrected chi connectivity index (χ2v) is 7.99. The van der Waals surface area contributed by atoms with Crippen LogP contribution in [0.3, 0.4) is 0 Å². The summed E-state index contributed by atoms with van der Waals surface area (Å²) in [5.74, 6) is 0.343. The number of carbonyl (C=O) groups excluding carboxylic acids is 2. The third-order valence-corrected chi connectivity index (χ3v) is 5.70. The maximum Gasteiger partial charge on any atom is 0.261 e. The number of benzene rings is 1. The lowest BCUT2D eigenvalue weighted by Crippen LogP contribution is -2.38. The van der Waals surface area contributed by atoms with Gasteiger partial charge in [-0.05, 0) is 31.9 Å². The first-order valence-corrected chi connectivity index (χ1v) is 11.0. The zero-order valence-corrected chi connectivity index (χ0v) is 21.2. The van der Waals surface area contributed by atoms with E-state index in [1.807, 2.05) is 31.3 Å². The molecule has 0 aliphatic carbocycles. The highest BCUT2D eigenvalue weighted by Gasteiger charge is 2.34. The van der Waals surface area contributed by atoms with E-state index < -0.39 is 0 Å². The summed E-state index contributed by atoms with van der Waals surface area (Å²) in [5, 5.41) is 9.51. The number of hydrogen-bond acceptors (Lipinski definition) is 6. The summed E-state index contributed by atoms with van der Waals surface area (Å²) in [6.45, 7) is 4.42. The quantitative estimate of drug-likeness (QED) is 0.162. The van der Waals surface area contributed by atoms with Crippen LogP contribution < -0.4 is 15.5 Å². The molecule has 1 aromatic carbocycles. The van der Waals surface area contributed by atoms with E-state index >= 15 is 0 Å². The second kappa shape index (κ2) is 12.0. The van der Waals surface area contributed by atoms with Crippen LogP contribution in [0.4, 0.5) is 5.13 Å². The Hall–Kier alpha value is -2.21. The maximum atomic E-state index is 12.4. The van der Waals surface area contributed by atoms with Gasteiger partial charge in [0.15, 0.2) is 11.1 Å². The van der Waals surface area contributed by atoms with Crippen molar-refractivity contribution in [1.82, 2.24) is 20.5 Å². The highest BCUT2D eigenvalue weighted by Crippen LogP contribution is 2.22. The predicted molar refractivity (Wildman–Crippen MR) is 136 cm³/mol. The summed E-state index contributed by atoms with van der Waals surface area (Å²) in [6, 6.07) is 6.98. The number of carbonyl (C=O) groups is 2. The van der Waals surface area contributed by atoms with Crippen molar-refractivity contribution >= 4 is 58.2 Å². The average molecular weight is 556 g/mol. The van der Waals surface area contributed by atoms with Gasteiger partial charge in [0.1, 0.15) is 0 Å². The summed E-state index contributed by atoms with van der Waals surface area (Å²) in [4.78, 5) is 37.2. The third-order valence-electron chi connectivity index (χ3n) is 4.64. The Bertz CT molecular complexity index is 895. The molecule has 31 heavy (non-hydrogen) atoms. The first kappa shape index (κ1) is 25.1. The van der Waals surface area contributed by atoms with Crippen molar-refractivity contribution in [3.63, 3.8) is 0 Å². The van der Waals surface area contributed by atoms with Crippen LogP contribution in [0.5, 0.6) is 0 Å². The highest BCUT2D eigenvalue weighted by atomic mass is 127. The largest absolute Gasteiger partial charge is 0.357 e. The summed E-state index contributed by atoms with van der Waals surface area (Å²) >= 11 is 1.60. The molecular formula is C21H29IN6O2S. The lowest BCUT2D eigenvalue weighted by molar-refractivity contribution is 0.0652. The van der Waals surface area contributed by atoms with Crippen LogP contribution in [0.15, 0.2) is 34.6 Å². The number of imide groups is 1. The molecule has 168 valence electrons. The molecule has 0 spiro atoms. The molecule has 0 radical (unpaired) electrons. The van der Waals surface area contributed by atoms with Gasteiger partial charge in [-0.3, -0.25) is 14.5 Å². The van der Waals surface area contributed by atoms with Gasteiger partial charge in [-0.25, -0.2) is 9.98 Å². The Morgan fingerprint density at radius 3 is 2.39 bits per heavy atom. The number of anilines is 1. The topological polar surface area (TPSA) is 89.9 Å². The van der Waals surface area contributed by atoms with Gasteiger partial charge >= 0.3 is 0 Å². The van der Waals surface area contributed by atoms with Crippen LogP contribution in [0.2, 0.25) is 0 Å². The molecule has 2 amide bonds. The normalized spacial score (nSPS) is 13.1. The number of hydrogen-bond donors (Lipinski definition) is 2. The Balaban J connectivity index is 0.00000341. The lowest BCUT2D eigenvalue weighted by Gasteiger charge is -2.14. The first-order valence-electron chi connectivity index (χ1n) is 10.1. The Morgan fingerprint density at radius 2 is 1.81 bits per heavy atom. The van der Waals surface area contributed by atoms with Crippen molar-refractivity contribution in [2.24, 2.45) is 4.99 Å². The van der Waals surface area contributed by atoms with E-state index in [-0.39, 0.29) is 35.8 Å². The number of amides is 2. The average Bonchev–Trinajstić information content (AvgIpc) is 3.31. The number of halogens is 1. The molecule has 0 unspecified atom stereocenters. The van der Waals surface area contributed by atoms with Crippen LogP contribution in [-0.2, 0) is 6.54 Å². The van der Waals surface area contributed by atoms with Crippen molar-refractivity contribution < 1.29 is 9.59 Å². The fraction of sp³-hybridized carbons (Fsp3) is 0.429. The number of aromatic nitrogens is 1. The molecule has 0 atom stereocenters. The molecule has 0 saturated carbocycles. The summed E-state index contributed by atoms with van der Waals surface area (Å²) in [5.41, 5.74) is 1.94. The van der Waals surface area contributed by atoms with E-state index in [1.54, 1.807) is 35.6 Å². The van der Waals surface area contributed by atoms with Gasteiger partial charge in [-0.1, -0.05) is 12.1 Å². The maximum absolute atomic E-state index is 12.4. The van der Waals surface area contributed by atoms with Gasteiger partial charge in [0, 0.05) is 39.1 Å². The molecule has 2 aromatic rings. The molecule has 3 rings (SSSR count). The summed E-state index contributed by atoms with van der Waals surface area (Å²) in [7, 11) is 3.94. The molecular weight excluding hydrogens is 527 g/mol. The number of nitrogens with one attached hydrogen (secondary N) is 2. The Labute approximate surface area is 204 Å². The number of unbranched alkanes of at least 4 members (excludes halogenated alkanes) is 1. The molecule has 2 N–H and O–H groups in total. The van der Waals surface area contributed by atoms with Gasteiger partial charge in [0.25, 0.3) is 11.8 Å². The number of thiazole rings is 1. The van der Waals surface area contributed by atoms with E-state index in [0.717, 1.165) is 36.2 Å². The fourth-order valence-electron chi connectivity index (χ4n) is 3.12. The van der Waals surface area contributed by atoms with Crippen LogP contribution >= 0.6 is 35.3 Å². The number of rotatable bonds is 9. The van der Waals surface area contributed by atoms with Crippen LogP contribution in [0.25, 0.3) is 0 Å². The van der Waals surface area contributed by atoms with Crippen LogP contribution in [-0.4, -0.2) is 61.4 Å². The molecule has 0 bridgehead atoms. The number of aliphatic imine (C=N–C) groups is 1. The van der Waals surface area contributed by atoms with Crippen molar-refractivity contribution in [1.29, 1.82) is 0 Å². The fourth-order valence-corrected chi connectivity index (χ4v) is 3.87. The van der Waals surface area contributed by atoms with Crippen molar-refractivity contribution in [3.8, 4) is 0 Å². The van der Waals surface area contributed by atoms with Crippen LogP contribution in [0, 0.1) is 0 Å². The second-order valence-electron chi connectivity index (χ2n) is 7.15. The number of fused-ring (bicyclic) bond motifs is 1. The zero-order chi connectivity index (χ0) is 21.5. The monoisotopic (exact) mass is 556 g/mol. The zero-order valence-electron chi connectivity index (χ0n) is 18.1. The van der Waals surface area contributed by atoms with Crippen molar-refractivity contribution in [2.75, 3.05) is 38.6 Å². The molecule has 1 aliphatic rings. The van der Waals surface area contributed by atoms with E-state index in [2.05, 4.69) is 20.6 Å². The van der Waals surface area contributed by atoms with Gasteiger partial charge in [-0.15, -0.1) is 35.3 Å². The standard InChI is InChI=1S/C21H28N6O2S.HI/c1-4-22-20(24-13-15-14-30-21(25-15)26(2)3)23-11-7-8-12-27-18(28)16-9-5-6-10-17(16)19(27)29;/h5-6,9-10,14H,4,7-8,11-13H2,1-3H3,(H2,22,23,24);1H. The molecule has 0 saturated heterocycles.